The number of thiophene rings is 1. The molecule has 1 heterocycles. The van der Waals surface area contributed by atoms with Crippen LogP contribution in [-0.2, 0) is 17.8 Å². The van der Waals surface area contributed by atoms with E-state index in [4.69, 9.17) is 0 Å². The average Bonchev–Trinajstić information content (AvgIpc) is 3.14. The first kappa shape index (κ1) is 19.1. The van der Waals surface area contributed by atoms with E-state index in [2.05, 4.69) is 40.9 Å². The molecule has 6 heteroatoms. The lowest BCUT2D eigenvalue weighted by molar-refractivity contribution is 0.0606. The first-order valence-corrected chi connectivity index (χ1v) is 9.15. The normalized spacial score (nSPS) is 10.7. The second kappa shape index (κ2) is 9.34. The Morgan fingerprint density at radius 2 is 1.60 bits per heavy atom. The maximum Gasteiger partial charge on any atom is 0.348 e. The molecule has 0 atom stereocenters. The summed E-state index contributed by atoms with van der Waals surface area (Å²) in [5, 5.41) is 2.88. The van der Waals surface area contributed by atoms with Crippen molar-refractivity contribution >= 4 is 23.2 Å². The van der Waals surface area contributed by atoms with E-state index in [1.807, 2.05) is 12.1 Å². The van der Waals surface area contributed by atoms with E-state index in [0.29, 0.717) is 16.3 Å². The third kappa shape index (κ3) is 5.41. The first-order chi connectivity index (χ1) is 12.1. The summed E-state index contributed by atoms with van der Waals surface area (Å²) in [7, 11) is 1.33. The lowest BCUT2D eigenvalue weighted by Crippen LogP contribution is -2.22. The van der Waals surface area contributed by atoms with E-state index in [1.54, 1.807) is 12.1 Å². The Labute approximate surface area is 152 Å². The molecule has 0 aliphatic carbocycles. The number of benzene rings is 1. The lowest BCUT2D eigenvalue weighted by Gasteiger charge is -2.18. The molecule has 0 bridgehead atoms. The molecular weight excluding hydrogens is 336 g/mol. The lowest BCUT2D eigenvalue weighted by atomic mass is 10.1. The summed E-state index contributed by atoms with van der Waals surface area (Å²) in [5.74, 6) is -0.611. The van der Waals surface area contributed by atoms with Gasteiger partial charge in [0.05, 0.1) is 12.0 Å². The highest BCUT2D eigenvalue weighted by Gasteiger charge is 2.13. The van der Waals surface area contributed by atoms with E-state index in [9.17, 15) is 9.59 Å². The van der Waals surface area contributed by atoms with Gasteiger partial charge in [0.2, 0.25) is 0 Å². The summed E-state index contributed by atoms with van der Waals surface area (Å²) >= 11 is 1.13. The van der Waals surface area contributed by atoms with Crippen molar-refractivity contribution in [2.45, 2.75) is 26.9 Å². The fourth-order valence-corrected chi connectivity index (χ4v) is 3.25. The average molecular weight is 360 g/mol. The molecule has 2 rings (SSSR count). The van der Waals surface area contributed by atoms with Crippen LogP contribution < -0.4 is 5.32 Å². The standard InChI is InChI=1S/C19H24N2O3S/c1-4-21(5-2)13-15-8-6-14(7-9-15)12-20-18(22)16-10-11-17(25-16)19(23)24-3/h6-11H,4-5,12-13H2,1-3H3,(H,20,22). The van der Waals surface area contributed by atoms with Gasteiger partial charge in [0.15, 0.2) is 0 Å². The highest BCUT2D eigenvalue weighted by Crippen LogP contribution is 2.17. The molecule has 1 aromatic heterocycles. The number of esters is 1. The Morgan fingerprint density at radius 1 is 1.00 bits per heavy atom. The first-order valence-electron chi connectivity index (χ1n) is 8.33. The minimum Gasteiger partial charge on any atom is -0.465 e. The van der Waals surface area contributed by atoms with Gasteiger partial charge in [-0.2, -0.15) is 0 Å². The summed E-state index contributed by atoms with van der Waals surface area (Å²) in [6, 6.07) is 11.5. The van der Waals surface area contributed by atoms with Crippen LogP contribution >= 0.6 is 11.3 Å². The highest BCUT2D eigenvalue weighted by molar-refractivity contribution is 7.15. The summed E-state index contributed by atoms with van der Waals surface area (Å²) in [4.78, 5) is 26.9. The van der Waals surface area contributed by atoms with E-state index in [1.165, 1.54) is 12.7 Å². The molecule has 0 unspecified atom stereocenters. The maximum atomic E-state index is 12.2. The monoisotopic (exact) mass is 360 g/mol. The van der Waals surface area contributed by atoms with Gasteiger partial charge in [-0.1, -0.05) is 38.1 Å². The second-order valence-corrected chi connectivity index (χ2v) is 6.70. The molecular formula is C19H24N2O3S. The number of carbonyl (C=O) groups excluding carboxylic acids is 2. The van der Waals surface area contributed by atoms with Gasteiger partial charge in [0.25, 0.3) is 5.91 Å². The second-order valence-electron chi connectivity index (χ2n) is 5.62. The number of ether oxygens (including phenoxy) is 1. The van der Waals surface area contributed by atoms with E-state index in [0.717, 1.165) is 36.5 Å². The number of nitrogens with zero attached hydrogens (tertiary/aromatic N) is 1. The molecule has 5 nitrogen and oxygen atoms in total. The molecule has 0 spiro atoms. The van der Waals surface area contributed by atoms with E-state index < -0.39 is 5.97 Å². The number of hydrogen-bond donors (Lipinski definition) is 1. The van der Waals surface area contributed by atoms with Gasteiger partial charge in [-0.25, -0.2) is 4.79 Å². The van der Waals surface area contributed by atoms with Crippen LogP contribution in [0.3, 0.4) is 0 Å². The zero-order chi connectivity index (χ0) is 18.2. The number of nitrogens with one attached hydrogen (secondary N) is 1. The van der Waals surface area contributed by atoms with Crippen molar-refractivity contribution in [1.82, 2.24) is 10.2 Å². The summed E-state index contributed by atoms with van der Waals surface area (Å²) in [6.07, 6.45) is 0. The molecule has 1 aromatic carbocycles. The number of methoxy groups -OCH3 is 1. The van der Waals surface area contributed by atoms with Crippen molar-refractivity contribution in [3.05, 3.63) is 57.3 Å². The van der Waals surface area contributed by atoms with Crippen molar-refractivity contribution in [1.29, 1.82) is 0 Å². The Kier molecular flexibility index (Phi) is 7.16. The Balaban J connectivity index is 1.89. The molecule has 0 fully saturated rings. The maximum absolute atomic E-state index is 12.2. The number of amides is 1. The Hall–Kier alpha value is -2.18. The molecule has 0 aliphatic heterocycles. The minimum atomic E-state index is -0.423. The molecule has 1 amide bonds. The number of hydrogen-bond acceptors (Lipinski definition) is 5. The van der Waals surface area contributed by atoms with Crippen LogP contribution in [0.25, 0.3) is 0 Å². The van der Waals surface area contributed by atoms with Crippen LogP contribution in [0.5, 0.6) is 0 Å². The smallest absolute Gasteiger partial charge is 0.348 e. The van der Waals surface area contributed by atoms with Gasteiger partial charge < -0.3 is 10.1 Å². The van der Waals surface area contributed by atoms with E-state index in [-0.39, 0.29) is 5.91 Å². The van der Waals surface area contributed by atoms with Gasteiger partial charge in [-0.3, -0.25) is 9.69 Å². The van der Waals surface area contributed by atoms with Crippen molar-refractivity contribution in [3.8, 4) is 0 Å². The quantitative estimate of drug-likeness (QED) is 0.734. The molecule has 25 heavy (non-hydrogen) atoms. The zero-order valence-electron chi connectivity index (χ0n) is 14.9. The van der Waals surface area contributed by atoms with Crippen LogP contribution in [0.1, 0.15) is 44.3 Å². The summed E-state index contributed by atoms with van der Waals surface area (Å²) < 4.78 is 4.65. The van der Waals surface area contributed by atoms with Crippen LogP contribution in [0.4, 0.5) is 0 Å². The molecule has 2 aromatic rings. The van der Waals surface area contributed by atoms with Crippen LogP contribution in [0, 0.1) is 0 Å². The minimum absolute atomic E-state index is 0.188. The van der Waals surface area contributed by atoms with Crippen molar-refractivity contribution in [2.24, 2.45) is 0 Å². The molecule has 0 saturated heterocycles. The number of rotatable bonds is 8. The summed E-state index contributed by atoms with van der Waals surface area (Å²) in [6.45, 7) is 7.76. The largest absolute Gasteiger partial charge is 0.465 e. The number of carbonyl (C=O) groups is 2. The Morgan fingerprint density at radius 3 is 2.20 bits per heavy atom. The van der Waals surface area contributed by atoms with Crippen molar-refractivity contribution in [2.75, 3.05) is 20.2 Å². The van der Waals surface area contributed by atoms with Gasteiger partial charge in [-0.15, -0.1) is 11.3 Å². The highest BCUT2D eigenvalue weighted by atomic mass is 32.1. The van der Waals surface area contributed by atoms with Gasteiger partial charge in [-0.05, 0) is 36.3 Å². The van der Waals surface area contributed by atoms with Crippen LogP contribution in [0.15, 0.2) is 36.4 Å². The van der Waals surface area contributed by atoms with Crippen molar-refractivity contribution in [3.63, 3.8) is 0 Å². The van der Waals surface area contributed by atoms with Gasteiger partial charge in [0, 0.05) is 13.1 Å². The molecule has 134 valence electrons. The predicted molar refractivity (Wildman–Crippen MR) is 99.9 cm³/mol. The fourth-order valence-electron chi connectivity index (χ4n) is 2.41. The third-order valence-corrected chi connectivity index (χ3v) is 5.06. The Bertz CT molecular complexity index is 706. The molecule has 0 radical (unpaired) electrons. The van der Waals surface area contributed by atoms with Gasteiger partial charge >= 0.3 is 5.97 Å². The third-order valence-electron chi connectivity index (χ3n) is 3.99. The van der Waals surface area contributed by atoms with Crippen molar-refractivity contribution < 1.29 is 14.3 Å². The molecule has 1 N–H and O–H groups in total. The fraction of sp³-hybridized carbons (Fsp3) is 0.368. The van der Waals surface area contributed by atoms with Gasteiger partial charge in [0.1, 0.15) is 4.88 Å². The molecule has 0 saturated carbocycles. The SMILES string of the molecule is CCN(CC)Cc1ccc(CNC(=O)c2ccc(C(=O)OC)s2)cc1. The van der Waals surface area contributed by atoms with Crippen LogP contribution in [0.2, 0.25) is 0 Å². The summed E-state index contributed by atoms with van der Waals surface area (Å²) in [5.41, 5.74) is 2.31. The topological polar surface area (TPSA) is 58.6 Å². The van der Waals surface area contributed by atoms with E-state index >= 15 is 0 Å². The molecule has 0 aliphatic rings. The predicted octanol–water partition coefficient (Wildman–Crippen LogP) is 3.31. The van der Waals surface area contributed by atoms with Crippen LogP contribution in [-0.4, -0.2) is 37.0 Å². The zero-order valence-corrected chi connectivity index (χ0v) is 15.7.